The van der Waals surface area contributed by atoms with Gasteiger partial charge in [0.05, 0.1) is 5.60 Å². The largest absolute Gasteiger partial charge is 0.390 e. The van der Waals surface area contributed by atoms with E-state index in [1.807, 2.05) is 0 Å². The lowest BCUT2D eigenvalue weighted by molar-refractivity contribution is -0.0590. The van der Waals surface area contributed by atoms with Gasteiger partial charge in [0.25, 0.3) is 0 Å². The highest BCUT2D eigenvalue weighted by Crippen LogP contribution is 2.46. The number of hydrogen-bond acceptors (Lipinski definition) is 2. The summed E-state index contributed by atoms with van der Waals surface area (Å²) < 4.78 is 0. The summed E-state index contributed by atoms with van der Waals surface area (Å²) in [6.45, 7) is 9.20. The van der Waals surface area contributed by atoms with Crippen molar-refractivity contribution in [3.8, 4) is 11.5 Å². The van der Waals surface area contributed by atoms with Crippen molar-refractivity contribution in [1.29, 1.82) is 0 Å². The van der Waals surface area contributed by atoms with Crippen molar-refractivity contribution < 1.29 is 5.11 Å². The molecule has 1 fully saturated rings. The molecule has 1 N–H and O–H groups in total. The van der Waals surface area contributed by atoms with Crippen LogP contribution in [0.25, 0.3) is 0 Å². The van der Waals surface area contributed by atoms with Gasteiger partial charge in [0.15, 0.2) is 0 Å². The zero-order chi connectivity index (χ0) is 21.5. The minimum Gasteiger partial charge on any atom is -0.390 e. The van der Waals surface area contributed by atoms with Gasteiger partial charge in [-0.15, -0.1) is 11.5 Å². The minimum atomic E-state index is -1.35. The number of aliphatic hydroxyl groups is 1. The van der Waals surface area contributed by atoms with Gasteiger partial charge in [-0.25, -0.2) is 0 Å². The first-order chi connectivity index (χ1) is 13.7. The van der Waals surface area contributed by atoms with Gasteiger partial charge in [0, 0.05) is 12.0 Å². The molecule has 0 bridgehead atoms. The molecule has 0 saturated heterocycles. The Morgan fingerprint density at radius 3 is 2.03 bits per heavy atom. The van der Waals surface area contributed by atoms with Crippen molar-refractivity contribution in [1.82, 2.24) is 4.90 Å². The van der Waals surface area contributed by atoms with Gasteiger partial charge in [0.1, 0.15) is 8.07 Å². The van der Waals surface area contributed by atoms with Crippen molar-refractivity contribution in [3.05, 3.63) is 35.9 Å². The molecule has 0 spiro atoms. The van der Waals surface area contributed by atoms with E-state index in [9.17, 15) is 5.11 Å². The Labute approximate surface area is 181 Å². The Balaban J connectivity index is 2.00. The monoisotopic (exact) mass is 413 g/mol. The van der Waals surface area contributed by atoms with Crippen LogP contribution in [-0.4, -0.2) is 37.8 Å². The standard InChI is InChI=1S/C26H43NOSi/c1-7-29(8-2,9-3)21-13-14-23(4)22-25(28)17-19-26(20-18-25,27(5)6)24-15-11-10-12-16-24/h10-12,15-16,23,28H,7-9,14,17-20,22H2,1-6H3/t23-,25?,26?/m1/s1. The van der Waals surface area contributed by atoms with Gasteiger partial charge >= 0.3 is 0 Å². The Bertz CT molecular complexity index is 667. The van der Waals surface area contributed by atoms with Gasteiger partial charge in [-0.05, 0) is 75.8 Å². The Hall–Kier alpha value is -1.08. The molecule has 2 rings (SSSR count). The van der Waals surface area contributed by atoms with Crippen molar-refractivity contribution >= 4 is 8.07 Å². The van der Waals surface area contributed by atoms with Gasteiger partial charge in [-0.3, -0.25) is 4.90 Å². The van der Waals surface area contributed by atoms with Crippen molar-refractivity contribution in [2.24, 2.45) is 5.92 Å². The van der Waals surface area contributed by atoms with Crippen molar-refractivity contribution in [3.63, 3.8) is 0 Å². The Kier molecular flexibility index (Phi) is 8.58. The van der Waals surface area contributed by atoms with E-state index in [0.717, 1.165) is 38.5 Å². The van der Waals surface area contributed by atoms with Gasteiger partial charge in [0.2, 0.25) is 0 Å². The second-order valence-electron chi connectivity index (χ2n) is 9.67. The van der Waals surface area contributed by atoms with Gasteiger partial charge < -0.3 is 5.11 Å². The highest BCUT2D eigenvalue weighted by Gasteiger charge is 2.44. The molecular weight excluding hydrogens is 370 g/mol. The second kappa shape index (κ2) is 10.3. The molecule has 162 valence electrons. The average molecular weight is 414 g/mol. The van der Waals surface area contributed by atoms with Crippen molar-refractivity contribution in [2.75, 3.05) is 14.1 Å². The van der Waals surface area contributed by atoms with Gasteiger partial charge in [-0.1, -0.05) is 58.0 Å². The normalized spacial score (nSPS) is 26.1. The molecule has 0 aliphatic heterocycles. The number of hydrogen-bond donors (Lipinski definition) is 1. The molecule has 1 aliphatic rings. The lowest BCUT2D eigenvalue weighted by Crippen LogP contribution is -2.49. The van der Waals surface area contributed by atoms with E-state index in [4.69, 9.17) is 0 Å². The Morgan fingerprint density at radius 2 is 1.55 bits per heavy atom. The smallest absolute Gasteiger partial charge is 0.137 e. The zero-order valence-electron chi connectivity index (χ0n) is 19.7. The summed E-state index contributed by atoms with van der Waals surface area (Å²) >= 11 is 0. The fourth-order valence-corrected chi connectivity index (χ4v) is 7.73. The fourth-order valence-electron chi connectivity index (χ4n) is 5.22. The van der Waals surface area contributed by atoms with E-state index in [1.165, 1.54) is 23.7 Å². The summed E-state index contributed by atoms with van der Waals surface area (Å²) in [5.41, 5.74) is 4.60. The first kappa shape index (κ1) is 24.2. The molecular formula is C26H43NOSi. The van der Waals surface area contributed by atoms with Crippen LogP contribution in [0.5, 0.6) is 0 Å². The van der Waals surface area contributed by atoms with Crippen LogP contribution < -0.4 is 0 Å². The summed E-state index contributed by atoms with van der Waals surface area (Å²) in [6.07, 6.45) is 5.56. The van der Waals surface area contributed by atoms with Crippen LogP contribution in [-0.2, 0) is 5.54 Å². The van der Waals surface area contributed by atoms with Crippen LogP contribution in [0.1, 0.15) is 71.8 Å². The maximum absolute atomic E-state index is 11.3. The van der Waals surface area contributed by atoms with E-state index in [0.29, 0.717) is 5.92 Å². The highest BCUT2D eigenvalue weighted by atomic mass is 28.3. The molecule has 29 heavy (non-hydrogen) atoms. The minimum absolute atomic E-state index is 0.0467. The van der Waals surface area contributed by atoms with Crippen LogP contribution in [0.3, 0.4) is 0 Å². The molecule has 2 nitrogen and oxygen atoms in total. The molecule has 0 amide bonds. The zero-order valence-corrected chi connectivity index (χ0v) is 20.7. The molecule has 1 aromatic carbocycles. The van der Waals surface area contributed by atoms with Crippen LogP contribution in [0, 0.1) is 17.4 Å². The molecule has 1 aromatic rings. The summed E-state index contributed by atoms with van der Waals surface area (Å²) in [5, 5.41) is 11.3. The van der Waals surface area contributed by atoms with Gasteiger partial charge in [-0.2, -0.15) is 0 Å². The predicted octanol–water partition coefficient (Wildman–Crippen LogP) is 6.22. The number of benzene rings is 1. The lowest BCUT2D eigenvalue weighted by atomic mass is 9.68. The molecule has 1 aliphatic carbocycles. The SMILES string of the molecule is CC[Si](C#CC[C@@H](C)CC1(O)CCC(c2ccccc2)(N(C)C)CC1)(CC)CC. The summed E-state index contributed by atoms with van der Waals surface area (Å²) in [7, 11) is 3.01. The quantitative estimate of drug-likeness (QED) is 0.404. The number of rotatable bonds is 8. The maximum Gasteiger partial charge on any atom is 0.137 e. The third-order valence-electron chi connectivity index (χ3n) is 7.74. The average Bonchev–Trinajstić information content (AvgIpc) is 2.72. The molecule has 0 heterocycles. The molecule has 0 unspecified atom stereocenters. The van der Waals surface area contributed by atoms with E-state index in [2.05, 4.69) is 88.5 Å². The lowest BCUT2D eigenvalue weighted by Gasteiger charge is -2.49. The third kappa shape index (κ3) is 5.75. The first-order valence-electron chi connectivity index (χ1n) is 11.7. The van der Waals surface area contributed by atoms with Crippen LogP contribution in [0.2, 0.25) is 18.1 Å². The topological polar surface area (TPSA) is 23.5 Å². The summed E-state index contributed by atoms with van der Waals surface area (Å²) in [6, 6.07) is 14.6. The molecule has 0 radical (unpaired) electrons. The summed E-state index contributed by atoms with van der Waals surface area (Å²) in [4.78, 5) is 2.36. The van der Waals surface area contributed by atoms with E-state index >= 15 is 0 Å². The van der Waals surface area contributed by atoms with E-state index in [1.54, 1.807) is 0 Å². The van der Waals surface area contributed by atoms with E-state index < -0.39 is 13.7 Å². The first-order valence-corrected chi connectivity index (χ1v) is 14.3. The summed E-state index contributed by atoms with van der Waals surface area (Å²) in [5.74, 6) is 3.99. The Morgan fingerprint density at radius 1 is 1.00 bits per heavy atom. The molecule has 1 atom stereocenters. The third-order valence-corrected chi connectivity index (χ3v) is 12.5. The van der Waals surface area contributed by atoms with Crippen molar-refractivity contribution in [2.45, 2.75) is 95.5 Å². The second-order valence-corrected chi connectivity index (χ2v) is 14.6. The maximum atomic E-state index is 11.3. The van der Waals surface area contributed by atoms with Crippen LogP contribution in [0.15, 0.2) is 30.3 Å². The fraction of sp³-hybridized carbons (Fsp3) is 0.692. The number of nitrogens with zero attached hydrogens (tertiary/aromatic N) is 1. The highest BCUT2D eigenvalue weighted by molar-refractivity contribution is 6.87. The predicted molar refractivity (Wildman–Crippen MR) is 129 cm³/mol. The molecule has 0 aromatic heterocycles. The molecule has 1 saturated carbocycles. The van der Waals surface area contributed by atoms with Crippen LogP contribution in [0.4, 0.5) is 0 Å². The van der Waals surface area contributed by atoms with Crippen LogP contribution >= 0.6 is 0 Å². The molecule has 3 heteroatoms. The van der Waals surface area contributed by atoms with E-state index in [-0.39, 0.29) is 5.54 Å².